The summed E-state index contributed by atoms with van der Waals surface area (Å²) in [6, 6.07) is 6.03. The Bertz CT molecular complexity index is 906. The molecule has 1 aromatic carbocycles. The largest absolute Gasteiger partial charge is 0.497 e. The highest BCUT2D eigenvalue weighted by Gasteiger charge is 2.28. The second-order valence-electron chi connectivity index (χ2n) is 8.53. The zero-order valence-electron chi connectivity index (χ0n) is 19.5. The van der Waals surface area contributed by atoms with Crippen LogP contribution in [0.25, 0.3) is 0 Å². The first-order chi connectivity index (χ1) is 14.8. The molecule has 0 bridgehead atoms. The number of nitrogens with one attached hydrogen (secondary N) is 1. The number of carbonyl (C=O) groups excluding carboxylic acids is 1. The third-order valence-electron chi connectivity index (χ3n) is 5.74. The Morgan fingerprint density at radius 1 is 1.19 bits per heavy atom. The summed E-state index contributed by atoms with van der Waals surface area (Å²) >= 11 is 0. The normalized spacial score (nSPS) is 16.5. The van der Waals surface area contributed by atoms with Gasteiger partial charge in [-0.05, 0) is 58.9 Å². The van der Waals surface area contributed by atoms with E-state index < -0.39 is 0 Å². The summed E-state index contributed by atoms with van der Waals surface area (Å²) in [6.45, 7) is 10.5. The lowest BCUT2D eigenvalue weighted by molar-refractivity contribution is -0.120. The first-order valence-corrected chi connectivity index (χ1v) is 10.9. The summed E-state index contributed by atoms with van der Waals surface area (Å²) in [5.41, 5.74) is 3.84. The highest BCUT2D eigenvalue weighted by molar-refractivity contribution is 5.79. The van der Waals surface area contributed by atoms with Crippen LogP contribution < -0.4 is 14.8 Å². The molecule has 7 nitrogen and oxygen atoms in total. The molecular formula is C24H34N4O3. The molecule has 1 unspecified atom stereocenters. The molecule has 3 rings (SSSR count). The Hall–Kier alpha value is -2.67. The highest BCUT2D eigenvalue weighted by atomic mass is 16.5. The van der Waals surface area contributed by atoms with Crippen LogP contribution in [0.3, 0.4) is 0 Å². The molecule has 31 heavy (non-hydrogen) atoms. The van der Waals surface area contributed by atoms with E-state index in [0.29, 0.717) is 6.42 Å². The second kappa shape index (κ2) is 10.1. The van der Waals surface area contributed by atoms with Gasteiger partial charge in [-0.2, -0.15) is 0 Å². The monoisotopic (exact) mass is 426 g/mol. The fourth-order valence-electron chi connectivity index (χ4n) is 4.17. The minimum atomic E-state index is 0.0110. The van der Waals surface area contributed by atoms with E-state index in [0.717, 1.165) is 65.9 Å². The Morgan fingerprint density at radius 3 is 2.52 bits per heavy atom. The van der Waals surface area contributed by atoms with E-state index in [2.05, 4.69) is 10.2 Å². The molecule has 7 heteroatoms. The maximum atomic E-state index is 12.2. The van der Waals surface area contributed by atoms with Crippen molar-refractivity contribution in [3.63, 3.8) is 0 Å². The van der Waals surface area contributed by atoms with Gasteiger partial charge in [0.05, 0.1) is 20.6 Å². The molecular weight excluding hydrogens is 392 g/mol. The summed E-state index contributed by atoms with van der Waals surface area (Å²) in [4.78, 5) is 24.2. The van der Waals surface area contributed by atoms with Crippen LogP contribution in [-0.4, -0.2) is 54.1 Å². The van der Waals surface area contributed by atoms with Crippen molar-refractivity contribution in [2.24, 2.45) is 0 Å². The first kappa shape index (κ1) is 23.0. The average Bonchev–Trinajstić information content (AvgIpc) is 3.18. The second-order valence-corrected chi connectivity index (χ2v) is 8.53. The van der Waals surface area contributed by atoms with Gasteiger partial charge in [-0.15, -0.1) is 0 Å². The van der Waals surface area contributed by atoms with Gasteiger partial charge in [-0.3, -0.25) is 9.69 Å². The summed E-state index contributed by atoms with van der Waals surface area (Å²) in [6.07, 6.45) is 1.33. The lowest BCUT2D eigenvalue weighted by Crippen LogP contribution is -2.32. The zero-order chi connectivity index (χ0) is 22.5. The number of ether oxygens (including phenoxy) is 2. The number of benzene rings is 1. The Morgan fingerprint density at radius 2 is 1.90 bits per heavy atom. The Balaban J connectivity index is 1.69. The van der Waals surface area contributed by atoms with E-state index in [-0.39, 0.29) is 17.9 Å². The van der Waals surface area contributed by atoms with Crippen LogP contribution >= 0.6 is 0 Å². The Kier molecular flexibility index (Phi) is 7.49. The van der Waals surface area contributed by atoms with Crippen molar-refractivity contribution < 1.29 is 14.3 Å². The van der Waals surface area contributed by atoms with Crippen LogP contribution in [-0.2, 0) is 17.8 Å². The third kappa shape index (κ3) is 5.73. The molecule has 2 aromatic rings. The quantitative estimate of drug-likeness (QED) is 0.699. The minimum absolute atomic E-state index is 0.0110. The van der Waals surface area contributed by atoms with Gasteiger partial charge in [0.1, 0.15) is 17.3 Å². The summed E-state index contributed by atoms with van der Waals surface area (Å²) < 4.78 is 10.9. The van der Waals surface area contributed by atoms with Crippen LogP contribution in [0.2, 0.25) is 0 Å². The van der Waals surface area contributed by atoms with Gasteiger partial charge in [0, 0.05) is 47.6 Å². The highest BCUT2D eigenvalue weighted by Crippen LogP contribution is 2.30. The molecule has 1 amide bonds. The van der Waals surface area contributed by atoms with Crippen LogP contribution in [0.15, 0.2) is 18.2 Å². The molecule has 168 valence electrons. The Labute approximate surface area is 185 Å². The van der Waals surface area contributed by atoms with E-state index in [1.165, 1.54) is 0 Å². The van der Waals surface area contributed by atoms with Crippen molar-refractivity contribution in [1.82, 2.24) is 20.2 Å². The van der Waals surface area contributed by atoms with Crippen molar-refractivity contribution >= 4 is 5.91 Å². The summed E-state index contributed by atoms with van der Waals surface area (Å²) in [7, 11) is 3.37. The van der Waals surface area contributed by atoms with Crippen molar-refractivity contribution in [3.05, 3.63) is 46.5 Å². The van der Waals surface area contributed by atoms with Gasteiger partial charge >= 0.3 is 0 Å². The number of amides is 1. The van der Waals surface area contributed by atoms with E-state index in [4.69, 9.17) is 19.4 Å². The fraction of sp³-hybridized carbons (Fsp3) is 0.542. The summed E-state index contributed by atoms with van der Waals surface area (Å²) in [5.74, 6) is 2.88. The van der Waals surface area contributed by atoms with Crippen LogP contribution in [0.4, 0.5) is 0 Å². The number of nitrogens with zero attached hydrogens (tertiary/aromatic N) is 3. The van der Waals surface area contributed by atoms with Gasteiger partial charge in [0.15, 0.2) is 0 Å². The summed E-state index contributed by atoms with van der Waals surface area (Å²) in [5, 5.41) is 2.94. The molecule has 0 saturated carbocycles. The van der Waals surface area contributed by atoms with Gasteiger partial charge in [0.25, 0.3) is 0 Å². The number of aromatic nitrogens is 2. The third-order valence-corrected chi connectivity index (χ3v) is 5.74. The molecule has 1 fully saturated rings. The van der Waals surface area contributed by atoms with E-state index in [9.17, 15) is 4.79 Å². The maximum absolute atomic E-state index is 12.2. The van der Waals surface area contributed by atoms with Crippen molar-refractivity contribution in [2.75, 3.05) is 27.3 Å². The maximum Gasteiger partial charge on any atom is 0.224 e. The lowest BCUT2D eigenvalue weighted by Gasteiger charge is -2.19. The van der Waals surface area contributed by atoms with E-state index >= 15 is 0 Å². The molecule has 1 aliphatic rings. The zero-order valence-corrected chi connectivity index (χ0v) is 19.5. The predicted octanol–water partition coefficient (Wildman–Crippen LogP) is 3.17. The fourth-order valence-corrected chi connectivity index (χ4v) is 4.17. The molecule has 0 spiro atoms. The lowest BCUT2D eigenvalue weighted by atomic mass is 10.0. The molecule has 1 aliphatic heterocycles. The standard InChI is InChI=1S/C24H34N4O3/c1-15(2)25-23(29)12-21-16(3)26-24(27-17(21)4)18-9-10-28(13-18)14-19-11-20(30-5)7-8-22(19)31-6/h7-8,11,15,18H,9-10,12-14H2,1-6H3,(H,25,29). The van der Waals surface area contributed by atoms with Gasteiger partial charge < -0.3 is 14.8 Å². The SMILES string of the molecule is COc1ccc(OC)c(CN2CCC(c3nc(C)c(CC(=O)NC(C)C)c(C)n3)C2)c1. The first-order valence-electron chi connectivity index (χ1n) is 10.9. The number of rotatable bonds is 8. The topological polar surface area (TPSA) is 76.6 Å². The molecule has 0 aliphatic carbocycles. The van der Waals surface area contributed by atoms with E-state index in [1.807, 2.05) is 45.9 Å². The van der Waals surface area contributed by atoms with Crippen molar-refractivity contribution in [1.29, 1.82) is 0 Å². The molecule has 0 radical (unpaired) electrons. The number of hydrogen-bond acceptors (Lipinski definition) is 6. The van der Waals surface area contributed by atoms with Crippen LogP contribution in [0.5, 0.6) is 11.5 Å². The van der Waals surface area contributed by atoms with Gasteiger partial charge in [-0.1, -0.05) is 0 Å². The predicted molar refractivity (Wildman–Crippen MR) is 121 cm³/mol. The van der Waals surface area contributed by atoms with Crippen molar-refractivity contribution in [3.8, 4) is 11.5 Å². The molecule has 1 saturated heterocycles. The number of carbonyl (C=O) groups is 1. The molecule has 1 atom stereocenters. The number of hydrogen-bond donors (Lipinski definition) is 1. The number of methoxy groups -OCH3 is 2. The number of likely N-dealkylation sites (tertiary alicyclic amines) is 1. The average molecular weight is 427 g/mol. The van der Waals surface area contributed by atoms with Crippen molar-refractivity contribution in [2.45, 2.75) is 59.0 Å². The number of aryl methyl sites for hydroxylation is 2. The molecule has 1 N–H and O–H groups in total. The smallest absolute Gasteiger partial charge is 0.224 e. The van der Waals surface area contributed by atoms with Crippen LogP contribution in [0.1, 0.15) is 54.5 Å². The van der Waals surface area contributed by atoms with E-state index in [1.54, 1.807) is 14.2 Å². The molecule has 2 heterocycles. The van der Waals surface area contributed by atoms with Gasteiger partial charge in [-0.25, -0.2) is 9.97 Å². The minimum Gasteiger partial charge on any atom is -0.497 e. The van der Waals surface area contributed by atoms with Gasteiger partial charge in [0.2, 0.25) is 5.91 Å². The molecule has 1 aromatic heterocycles. The van der Waals surface area contributed by atoms with Crippen LogP contribution in [0, 0.1) is 13.8 Å².